The van der Waals surface area contributed by atoms with E-state index in [-0.39, 0.29) is 17.7 Å². The first-order valence-electron chi connectivity index (χ1n) is 10.7. The summed E-state index contributed by atoms with van der Waals surface area (Å²) in [5.41, 5.74) is 1.57. The van der Waals surface area contributed by atoms with Gasteiger partial charge < -0.3 is 10.2 Å². The molecule has 0 saturated carbocycles. The fourth-order valence-corrected chi connectivity index (χ4v) is 3.97. The lowest BCUT2D eigenvalue weighted by atomic mass is 9.95. The highest BCUT2D eigenvalue weighted by Gasteiger charge is 2.32. The number of piperidine rings is 1. The summed E-state index contributed by atoms with van der Waals surface area (Å²) in [6.07, 6.45) is 1.80. The number of tetrazole rings is 1. The van der Waals surface area contributed by atoms with Crippen molar-refractivity contribution in [1.82, 2.24) is 25.1 Å². The second kappa shape index (κ2) is 9.91. The SMILES string of the molecule is CC[C@H](C(=O)N1CCC(C(=O)Nc2ccccc2)CC1)n1nnc(-c2ccc(Cl)cc2)n1. The molecule has 32 heavy (non-hydrogen) atoms. The molecule has 1 aliphatic rings. The van der Waals surface area contributed by atoms with Gasteiger partial charge in [-0.2, -0.15) is 4.80 Å². The monoisotopic (exact) mass is 452 g/mol. The predicted molar refractivity (Wildman–Crippen MR) is 122 cm³/mol. The lowest BCUT2D eigenvalue weighted by Crippen LogP contribution is -2.44. The van der Waals surface area contributed by atoms with Gasteiger partial charge in [0, 0.05) is 35.3 Å². The Hall–Kier alpha value is -3.26. The van der Waals surface area contributed by atoms with Gasteiger partial charge in [-0.15, -0.1) is 10.2 Å². The van der Waals surface area contributed by atoms with Crippen molar-refractivity contribution in [2.75, 3.05) is 18.4 Å². The van der Waals surface area contributed by atoms with Gasteiger partial charge in [-0.25, -0.2) is 0 Å². The molecule has 1 aliphatic heterocycles. The highest BCUT2D eigenvalue weighted by atomic mass is 35.5. The van der Waals surface area contributed by atoms with Crippen LogP contribution in [0.15, 0.2) is 54.6 Å². The maximum Gasteiger partial charge on any atom is 0.249 e. The Bertz CT molecular complexity index is 1060. The number of amides is 2. The quantitative estimate of drug-likeness (QED) is 0.613. The Balaban J connectivity index is 1.36. The van der Waals surface area contributed by atoms with Crippen LogP contribution >= 0.6 is 11.6 Å². The van der Waals surface area contributed by atoms with Crippen LogP contribution in [0.2, 0.25) is 5.02 Å². The van der Waals surface area contributed by atoms with Crippen molar-refractivity contribution in [1.29, 1.82) is 0 Å². The molecule has 2 amide bonds. The van der Waals surface area contributed by atoms with Gasteiger partial charge in [0.25, 0.3) is 0 Å². The first-order valence-corrected chi connectivity index (χ1v) is 11.1. The molecule has 9 heteroatoms. The average molecular weight is 453 g/mol. The molecule has 1 atom stereocenters. The van der Waals surface area contributed by atoms with Gasteiger partial charge in [-0.1, -0.05) is 36.7 Å². The second-order valence-corrected chi connectivity index (χ2v) is 8.26. The van der Waals surface area contributed by atoms with Gasteiger partial charge in [0.15, 0.2) is 6.04 Å². The molecule has 0 aliphatic carbocycles. The number of likely N-dealkylation sites (tertiary alicyclic amines) is 1. The molecule has 4 rings (SSSR count). The number of rotatable bonds is 6. The topological polar surface area (TPSA) is 93.0 Å². The highest BCUT2D eigenvalue weighted by molar-refractivity contribution is 6.30. The van der Waals surface area contributed by atoms with Crippen LogP contribution in [0.1, 0.15) is 32.2 Å². The van der Waals surface area contributed by atoms with Gasteiger partial charge in [-0.3, -0.25) is 9.59 Å². The maximum absolute atomic E-state index is 13.2. The number of hydrogen-bond acceptors (Lipinski definition) is 5. The molecular formula is C23H25ClN6O2. The summed E-state index contributed by atoms with van der Waals surface area (Å²) >= 11 is 5.94. The van der Waals surface area contributed by atoms with Gasteiger partial charge in [-0.05, 0) is 60.9 Å². The molecule has 0 radical (unpaired) electrons. The zero-order valence-corrected chi connectivity index (χ0v) is 18.6. The molecular weight excluding hydrogens is 428 g/mol. The van der Waals surface area contributed by atoms with Crippen molar-refractivity contribution in [3.63, 3.8) is 0 Å². The van der Waals surface area contributed by atoms with Crippen molar-refractivity contribution < 1.29 is 9.59 Å². The first kappa shape index (κ1) is 22.0. The van der Waals surface area contributed by atoms with Crippen LogP contribution in [-0.4, -0.2) is 50.0 Å². The molecule has 1 N–H and O–H groups in total. The fraction of sp³-hybridized carbons (Fsp3) is 0.348. The summed E-state index contributed by atoms with van der Waals surface area (Å²) in [4.78, 5) is 28.9. The van der Waals surface area contributed by atoms with E-state index >= 15 is 0 Å². The number of nitrogens with one attached hydrogen (secondary N) is 1. The number of anilines is 1. The average Bonchev–Trinajstić information content (AvgIpc) is 3.30. The third-order valence-electron chi connectivity index (χ3n) is 5.70. The molecule has 166 valence electrons. The van der Waals surface area contributed by atoms with Crippen molar-refractivity contribution in [3.8, 4) is 11.4 Å². The van der Waals surface area contributed by atoms with Crippen LogP contribution in [0.5, 0.6) is 0 Å². The first-order chi connectivity index (χ1) is 15.5. The molecule has 1 fully saturated rings. The van der Waals surface area contributed by atoms with Gasteiger partial charge in [0.2, 0.25) is 17.6 Å². The third-order valence-corrected chi connectivity index (χ3v) is 5.95. The third kappa shape index (κ3) is 4.96. The molecule has 0 unspecified atom stereocenters. The van der Waals surface area contributed by atoms with E-state index in [1.54, 1.807) is 17.0 Å². The van der Waals surface area contributed by atoms with Gasteiger partial charge >= 0.3 is 0 Å². The van der Waals surface area contributed by atoms with Crippen LogP contribution in [-0.2, 0) is 9.59 Å². The molecule has 3 aromatic rings. The summed E-state index contributed by atoms with van der Waals surface area (Å²) in [6.45, 7) is 2.98. The molecule has 2 heterocycles. The van der Waals surface area contributed by atoms with Gasteiger partial charge in [0.1, 0.15) is 0 Å². The van der Waals surface area contributed by atoms with Crippen LogP contribution in [0.25, 0.3) is 11.4 Å². The molecule has 0 bridgehead atoms. The summed E-state index contributed by atoms with van der Waals surface area (Å²) < 4.78 is 0. The Labute approximate surface area is 191 Å². The summed E-state index contributed by atoms with van der Waals surface area (Å²) in [7, 11) is 0. The van der Waals surface area contributed by atoms with Crippen molar-refractivity contribution >= 4 is 29.1 Å². The number of nitrogens with zero attached hydrogens (tertiary/aromatic N) is 5. The summed E-state index contributed by atoms with van der Waals surface area (Å²) in [6, 6.07) is 16.0. The molecule has 1 aromatic heterocycles. The number of halogens is 1. The Morgan fingerprint density at radius 2 is 1.78 bits per heavy atom. The molecule has 2 aromatic carbocycles. The van der Waals surface area contributed by atoms with E-state index in [2.05, 4.69) is 20.7 Å². The van der Waals surface area contributed by atoms with E-state index < -0.39 is 6.04 Å². The van der Waals surface area contributed by atoms with E-state index in [1.165, 1.54) is 4.80 Å². The lowest BCUT2D eigenvalue weighted by molar-refractivity contribution is -0.138. The molecule has 1 saturated heterocycles. The minimum absolute atomic E-state index is 0.000824. The minimum Gasteiger partial charge on any atom is -0.341 e. The molecule has 8 nitrogen and oxygen atoms in total. The van der Waals surface area contributed by atoms with E-state index in [4.69, 9.17) is 11.6 Å². The van der Waals surface area contributed by atoms with Crippen molar-refractivity contribution in [2.24, 2.45) is 5.92 Å². The van der Waals surface area contributed by atoms with Crippen LogP contribution < -0.4 is 5.32 Å². The number of carbonyl (C=O) groups excluding carboxylic acids is 2. The number of hydrogen-bond donors (Lipinski definition) is 1. The predicted octanol–water partition coefficient (Wildman–Crippen LogP) is 3.82. The van der Waals surface area contributed by atoms with Crippen LogP contribution in [0.3, 0.4) is 0 Å². The maximum atomic E-state index is 13.2. The van der Waals surface area contributed by atoms with Crippen molar-refractivity contribution in [3.05, 3.63) is 59.6 Å². The molecule has 0 spiro atoms. The minimum atomic E-state index is -0.529. The van der Waals surface area contributed by atoms with Crippen molar-refractivity contribution in [2.45, 2.75) is 32.2 Å². The number of carbonyl (C=O) groups is 2. The summed E-state index contributed by atoms with van der Waals surface area (Å²) in [5.74, 6) is 0.292. The van der Waals surface area contributed by atoms with E-state index in [9.17, 15) is 9.59 Å². The zero-order valence-electron chi connectivity index (χ0n) is 17.8. The fourth-order valence-electron chi connectivity index (χ4n) is 3.85. The number of aromatic nitrogens is 4. The standard InChI is InChI=1S/C23H25ClN6O2/c1-2-20(30-27-21(26-28-30)16-8-10-18(24)11-9-16)23(32)29-14-12-17(13-15-29)22(31)25-19-6-4-3-5-7-19/h3-11,17,20H,2,12-15H2,1H3,(H,25,31)/t20-/m1/s1. The van der Waals surface area contributed by atoms with E-state index in [1.807, 2.05) is 49.4 Å². The Morgan fingerprint density at radius 3 is 2.44 bits per heavy atom. The van der Waals surface area contributed by atoms with Crippen LogP contribution in [0.4, 0.5) is 5.69 Å². The largest absolute Gasteiger partial charge is 0.341 e. The number of para-hydroxylation sites is 1. The van der Waals surface area contributed by atoms with Gasteiger partial charge in [0.05, 0.1) is 0 Å². The number of benzene rings is 2. The van der Waals surface area contributed by atoms with E-state index in [0.29, 0.717) is 43.2 Å². The lowest BCUT2D eigenvalue weighted by Gasteiger charge is -2.33. The normalized spacial score (nSPS) is 15.4. The Morgan fingerprint density at radius 1 is 1.09 bits per heavy atom. The second-order valence-electron chi connectivity index (χ2n) is 7.82. The van der Waals surface area contributed by atoms with E-state index in [0.717, 1.165) is 11.3 Å². The smallest absolute Gasteiger partial charge is 0.249 e. The Kier molecular flexibility index (Phi) is 6.80. The summed E-state index contributed by atoms with van der Waals surface area (Å²) in [5, 5.41) is 16.2. The zero-order chi connectivity index (χ0) is 22.5. The highest BCUT2D eigenvalue weighted by Crippen LogP contribution is 2.24. The van der Waals surface area contributed by atoms with Crippen LogP contribution in [0, 0.1) is 5.92 Å².